The predicted octanol–water partition coefficient (Wildman–Crippen LogP) is 6.88. The highest BCUT2D eigenvalue weighted by Crippen LogP contribution is 2.52. The van der Waals surface area contributed by atoms with Crippen LogP contribution in [0.25, 0.3) is 0 Å². The Labute approximate surface area is 158 Å². The lowest BCUT2D eigenvalue weighted by Crippen LogP contribution is -2.49. The number of rotatable bonds is 6. The highest BCUT2D eigenvalue weighted by molar-refractivity contribution is 7.33. The summed E-state index contributed by atoms with van der Waals surface area (Å²) in [6.45, 7) is 0. The first-order chi connectivity index (χ1) is 12.8. The van der Waals surface area contributed by atoms with E-state index in [2.05, 4.69) is 0 Å². The summed E-state index contributed by atoms with van der Waals surface area (Å²) in [5.74, 6) is 0. The molecule has 3 nitrogen and oxygen atoms in total. The highest BCUT2D eigenvalue weighted by atomic mass is 31.1. The van der Waals surface area contributed by atoms with Crippen LogP contribution in [-0.4, -0.2) is 35.9 Å². The molecule has 2 saturated carbocycles. The molecule has 2 aliphatic rings. The molecule has 2 aliphatic carbocycles. The average Bonchev–Trinajstić information content (AvgIpc) is 2.50. The van der Waals surface area contributed by atoms with Crippen LogP contribution < -0.4 is 0 Å². The van der Waals surface area contributed by atoms with E-state index in [1.165, 1.54) is 0 Å². The van der Waals surface area contributed by atoms with Crippen molar-refractivity contribution in [1.29, 1.82) is 0 Å². The van der Waals surface area contributed by atoms with E-state index in [0.717, 1.165) is 0 Å². The summed E-state index contributed by atoms with van der Waals surface area (Å²) in [5.41, 5.74) is -5.02. The highest BCUT2D eigenvalue weighted by Gasteiger charge is 2.60. The van der Waals surface area contributed by atoms with E-state index >= 15 is 0 Å². The minimum Gasteiger partial charge on any atom is -0.244 e. The minimum atomic E-state index is -4.85. The van der Waals surface area contributed by atoms with E-state index in [9.17, 15) is 39.7 Å². The molecule has 0 bridgehead atoms. The minimum absolute atomic E-state index is 0.166. The van der Waals surface area contributed by atoms with Crippen LogP contribution in [0.15, 0.2) is 0 Å². The summed E-state index contributed by atoms with van der Waals surface area (Å²) in [7, 11) is -3.61. The third kappa shape index (κ3) is 6.23. The molecule has 0 aromatic rings. The van der Waals surface area contributed by atoms with E-state index in [1.54, 1.807) is 0 Å². The molecular weight excluding hydrogens is 423 g/mol. The largest absolute Gasteiger partial charge is 0.698 e. The van der Waals surface area contributed by atoms with Crippen LogP contribution >= 0.6 is 8.25 Å². The Kier molecular flexibility index (Phi) is 7.36. The molecule has 4 atom stereocenters. The van der Waals surface area contributed by atoms with Gasteiger partial charge in [-0.2, -0.15) is 26.3 Å². The van der Waals surface area contributed by atoms with Crippen LogP contribution in [0.5, 0.6) is 0 Å². The lowest BCUT2D eigenvalue weighted by molar-refractivity contribution is -0.200. The second-order valence-corrected chi connectivity index (χ2v) is 8.36. The van der Waals surface area contributed by atoms with Crippen molar-refractivity contribution in [3.63, 3.8) is 0 Å². The van der Waals surface area contributed by atoms with Gasteiger partial charge in [-0.1, -0.05) is 25.7 Å². The fraction of sp³-hybridized carbons (Fsp3) is 1.00. The molecule has 0 heterocycles. The molecule has 0 amide bonds. The molecule has 2 fully saturated rings. The van der Waals surface area contributed by atoms with Crippen molar-refractivity contribution in [3.8, 4) is 0 Å². The van der Waals surface area contributed by atoms with Crippen LogP contribution in [0.4, 0.5) is 35.1 Å². The maximum Gasteiger partial charge on any atom is 0.698 e. The van der Waals surface area contributed by atoms with Gasteiger partial charge in [-0.25, -0.2) is 8.78 Å². The molecule has 28 heavy (non-hydrogen) atoms. The third-order valence-corrected chi connectivity index (χ3v) is 6.29. The Hall–Kier alpha value is -0.540. The Morgan fingerprint density at radius 2 is 1.11 bits per heavy atom. The van der Waals surface area contributed by atoms with Crippen molar-refractivity contribution in [2.24, 2.45) is 0 Å². The molecule has 0 radical (unpaired) electrons. The molecule has 4 unspecified atom stereocenters. The van der Waals surface area contributed by atoms with Crippen molar-refractivity contribution < 1.29 is 48.7 Å². The maximum absolute atomic E-state index is 14.4. The Balaban J connectivity index is 2.21. The van der Waals surface area contributed by atoms with Gasteiger partial charge in [0.25, 0.3) is 0 Å². The first-order valence-corrected chi connectivity index (χ1v) is 10.1. The molecule has 0 aromatic heterocycles. The van der Waals surface area contributed by atoms with Crippen molar-refractivity contribution in [2.75, 3.05) is 0 Å². The number of alkyl halides is 8. The summed E-state index contributed by atoms with van der Waals surface area (Å²) in [4.78, 5) is 0. The zero-order valence-corrected chi connectivity index (χ0v) is 15.8. The summed E-state index contributed by atoms with van der Waals surface area (Å²) >= 11 is 0. The van der Waals surface area contributed by atoms with E-state index in [0.29, 0.717) is 12.8 Å². The molecule has 0 N–H and O–H groups in total. The van der Waals surface area contributed by atoms with Crippen molar-refractivity contribution in [1.82, 2.24) is 0 Å². The van der Waals surface area contributed by atoms with Gasteiger partial charge in [0.05, 0.1) is 12.8 Å². The second-order valence-electron chi connectivity index (χ2n) is 7.55. The van der Waals surface area contributed by atoms with Gasteiger partial charge < -0.3 is 0 Å². The molecule has 164 valence electrons. The lowest BCUT2D eigenvalue weighted by atomic mass is 9.81. The van der Waals surface area contributed by atoms with Gasteiger partial charge in [0, 0.05) is 4.57 Å². The van der Waals surface area contributed by atoms with E-state index < -0.39 is 69.8 Å². The molecule has 0 aromatic carbocycles. The molecule has 0 aliphatic heterocycles. The predicted molar refractivity (Wildman–Crippen MR) is 83.3 cm³/mol. The summed E-state index contributed by atoms with van der Waals surface area (Å²) in [5, 5.41) is 0. The quantitative estimate of drug-likeness (QED) is 0.330. The Bertz CT molecular complexity index is 509. The zero-order valence-electron chi connectivity index (χ0n) is 14.9. The Morgan fingerprint density at radius 1 is 0.750 bits per heavy atom. The fourth-order valence-corrected chi connectivity index (χ4v) is 5.17. The van der Waals surface area contributed by atoms with Gasteiger partial charge in [0.15, 0.2) is 11.2 Å². The van der Waals surface area contributed by atoms with E-state index in [1.807, 2.05) is 0 Å². The maximum atomic E-state index is 14.4. The van der Waals surface area contributed by atoms with Gasteiger partial charge in [-0.15, -0.1) is 9.05 Å². The van der Waals surface area contributed by atoms with Crippen molar-refractivity contribution in [3.05, 3.63) is 0 Å². The van der Waals surface area contributed by atoms with Crippen LogP contribution in [-0.2, 0) is 13.6 Å². The lowest BCUT2D eigenvalue weighted by Gasteiger charge is -2.37. The van der Waals surface area contributed by atoms with Gasteiger partial charge >= 0.3 is 20.6 Å². The van der Waals surface area contributed by atoms with Gasteiger partial charge in [0.1, 0.15) is 12.3 Å². The first-order valence-electron chi connectivity index (χ1n) is 9.04. The number of hydrogen-bond donors (Lipinski definition) is 0. The van der Waals surface area contributed by atoms with Crippen molar-refractivity contribution >= 4 is 8.25 Å². The fourth-order valence-electron chi connectivity index (χ4n) is 4.00. The molecule has 0 spiro atoms. The third-order valence-electron chi connectivity index (χ3n) is 5.27. The number of hydrogen-bond acceptors (Lipinski definition) is 3. The van der Waals surface area contributed by atoms with E-state index in [4.69, 9.17) is 9.05 Å². The van der Waals surface area contributed by atoms with Gasteiger partial charge in [0.2, 0.25) is 0 Å². The smallest absolute Gasteiger partial charge is 0.244 e. The SMILES string of the molecule is O=[P+](OC1(CC(F)(F)F)CCCCC1F)OC1(CC(F)(F)F)CCCCC1F. The van der Waals surface area contributed by atoms with Gasteiger partial charge in [-0.3, -0.25) is 0 Å². The molecule has 0 saturated heterocycles. The summed E-state index contributed by atoms with van der Waals surface area (Å²) < 4.78 is 128. The summed E-state index contributed by atoms with van der Waals surface area (Å²) in [6.07, 6.45) is -17.9. The van der Waals surface area contributed by atoms with Crippen LogP contribution in [0, 0.1) is 0 Å². The topological polar surface area (TPSA) is 35.5 Å². The standard InChI is InChI=1S/C16H22F8O3P/c17-11-5-1-3-7-13(11,9-15(19,20)21)26-28(25)27-14(10-16(22,23)24)8-4-2-6-12(14)18/h11-12H,1-10H2/q+1. The van der Waals surface area contributed by atoms with Crippen LogP contribution in [0.1, 0.15) is 64.2 Å². The Morgan fingerprint density at radius 3 is 1.39 bits per heavy atom. The van der Waals surface area contributed by atoms with Gasteiger partial charge in [-0.05, 0) is 25.7 Å². The number of halogens is 8. The van der Waals surface area contributed by atoms with Crippen LogP contribution in [0.2, 0.25) is 0 Å². The first kappa shape index (κ1) is 23.7. The zero-order chi connectivity index (χ0) is 21.2. The normalized spacial score (nSPS) is 35.6. The second kappa shape index (κ2) is 8.68. The average molecular weight is 445 g/mol. The molecule has 12 heteroatoms. The molecular formula is C16H22F8O3P+. The van der Waals surface area contributed by atoms with Crippen molar-refractivity contribution in [2.45, 2.75) is 100 Å². The monoisotopic (exact) mass is 445 g/mol. The van der Waals surface area contributed by atoms with E-state index in [-0.39, 0.29) is 25.7 Å². The summed E-state index contributed by atoms with van der Waals surface area (Å²) in [6, 6.07) is 0. The molecule has 2 rings (SSSR count). The van der Waals surface area contributed by atoms with Crippen LogP contribution in [0.3, 0.4) is 0 Å².